The summed E-state index contributed by atoms with van der Waals surface area (Å²) >= 11 is 0. The van der Waals surface area contributed by atoms with E-state index in [2.05, 4.69) is 0 Å². The average molecular weight is 249 g/mol. The van der Waals surface area contributed by atoms with E-state index in [0.717, 1.165) is 5.69 Å². The molecule has 1 aromatic carbocycles. The highest BCUT2D eigenvalue weighted by atomic mass is 19.1. The summed E-state index contributed by atoms with van der Waals surface area (Å²) in [4.78, 5) is 12.1. The smallest absolute Gasteiger partial charge is 0.419 e. The first-order valence-electron chi connectivity index (χ1n) is 5.79. The molecule has 0 saturated carbocycles. The molecule has 0 N–H and O–H groups in total. The molecule has 0 unspecified atom stereocenters. The molecule has 0 radical (unpaired) electrons. The summed E-state index contributed by atoms with van der Waals surface area (Å²) in [5.41, 5.74) is 0.827. The zero-order valence-electron chi connectivity index (χ0n) is 11.0. The highest BCUT2D eigenvalue weighted by Gasteiger charge is 2.20. The van der Waals surface area contributed by atoms with Crippen molar-refractivity contribution in [3.05, 3.63) is 35.8 Å². The minimum Gasteiger partial charge on any atom is -0.443 e. The van der Waals surface area contributed by atoms with Gasteiger partial charge >= 0.3 is 6.09 Å². The minimum atomic E-state index is -0.555. The second-order valence-corrected chi connectivity index (χ2v) is 5.30. The van der Waals surface area contributed by atoms with Crippen molar-refractivity contribution in [2.45, 2.75) is 33.3 Å². The number of nitrogens with zero attached hydrogens (tertiary/aromatic N) is 1. The molecule has 1 heterocycles. The Morgan fingerprint density at radius 3 is 2.56 bits per heavy atom. The SMILES string of the molecule is Cc1cc2cc(F)ccc2n1C(=O)OC(C)(C)C. The van der Waals surface area contributed by atoms with E-state index in [1.807, 2.05) is 20.8 Å². The number of halogens is 1. The molecule has 18 heavy (non-hydrogen) atoms. The summed E-state index contributed by atoms with van der Waals surface area (Å²) in [5, 5.41) is 0.693. The Kier molecular flexibility index (Phi) is 2.89. The maximum absolute atomic E-state index is 13.1. The Balaban J connectivity index is 2.51. The van der Waals surface area contributed by atoms with E-state index in [-0.39, 0.29) is 5.82 Å². The quantitative estimate of drug-likeness (QED) is 0.709. The van der Waals surface area contributed by atoms with Gasteiger partial charge in [-0.05, 0) is 52.0 Å². The average Bonchev–Trinajstić information content (AvgIpc) is 2.50. The number of carbonyl (C=O) groups is 1. The van der Waals surface area contributed by atoms with E-state index >= 15 is 0 Å². The van der Waals surface area contributed by atoms with E-state index in [9.17, 15) is 9.18 Å². The topological polar surface area (TPSA) is 31.2 Å². The lowest BCUT2D eigenvalue weighted by Gasteiger charge is -2.20. The van der Waals surface area contributed by atoms with Crippen LogP contribution < -0.4 is 0 Å². The number of fused-ring (bicyclic) bond motifs is 1. The Morgan fingerprint density at radius 1 is 1.28 bits per heavy atom. The maximum Gasteiger partial charge on any atom is 0.419 e. The van der Waals surface area contributed by atoms with Crippen molar-refractivity contribution in [3.8, 4) is 0 Å². The molecule has 0 aliphatic rings. The number of aromatic nitrogens is 1. The van der Waals surface area contributed by atoms with E-state index in [0.29, 0.717) is 10.9 Å². The van der Waals surface area contributed by atoms with Crippen LogP contribution in [-0.4, -0.2) is 16.3 Å². The van der Waals surface area contributed by atoms with Gasteiger partial charge in [-0.15, -0.1) is 0 Å². The number of hydrogen-bond acceptors (Lipinski definition) is 2. The normalized spacial score (nSPS) is 11.8. The van der Waals surface area contributed by atoms with Crippen LogP contribution in [0.4, 0.5) is 9.18 Å². The van der Waals surface area contributed by atoms with Gasteiger partial charge in [0.05, 0.1) is 5.52 Å². The molecule has 1 aromatic heterocycles. The van der Waals surface area contributed by atoms with Crippen LogP contribution in [0.3, 0.4) is 0 Å². The fourth-order valence-corrected chi connectivity index (χ4v) is 1.87. The van der Waals surface area contributed by atoms with Crippen LogP contribution >= 0.6 is 0 Å². The van der Waals surface area contributed by atoms with Gasteiger partial charge in [-0.2, -0.15) is 0 Å². The Bertz CT molecular complexity index is 608. The van der Waals surface area contributed by atoms with Crippen molar-refractivity contribution >= 4 is 17.0 Å². The number of carbonyl (C=O) groups excluding carboxylic acids is 1. The molecule has 0 aliphatic carbocycles. The lowest BCUT2D eigenvalue weighted by molar-refractivity contribution is 0.0541. The Hall–Kier alpha value is -1.84. The second-order valence-electron chi connectivity index (χ2n) is 5.30. The summed E-state index contributed by atoms with van der Waals surface area (Å²) in [6.45, 7) is 7.23. The highest BCUT2D eigenvalue weighted by Crippen LogP contribution is 2.22. The Labute approximate surface area is 105 Å². The summed E-state index contributed by atoms with van der Waals surface area (Å²) in [6, 6.07) is 6.09. The van der Waals surface area contributed by atoms with E-state index in [4.69, 9.17) is 4.74 Å². The molecule has 0 amide bonds. The van der Waals surface area contributed by atoms with Gasteiger partial charge in [0.25, 0.3) is 0 Å². The molecule has 0 atom stereocenters. The lowest BCUT2D eigenvalue weighted by Crippen LogP contribution is -2.27. The van der Waals surface area contributed by atoms with Gasteiger partial charge in [-0.3, -0.25) is 0 Å². The van der Waals surface area contributed by atoms with Gasteiger partial charge in [-0.1, -0.05) is 0 Å². The monoisotopic (exact) mass is 249 g/mol. The number of aryl methyl sites for hydroxylation is 1. The summed E-state index contributed by atoms with van der Waals surface area (Å²) in [6.07, 6.45) is -0.443. The van der Waals surface area contributed by atoms with E-state index in [1.165, 1.54) is 16.7 Å². The van der Waals surface area contributed by atoms with Gasteiger partial charge in [0, 0.05) is 11.1 Å². The molecule has 96 valence electrons. The van der Waals surface area contributed by atoms with Crippen LogP contribution in [0.5, 0.6) is 0 Å². The molecule has 0 fully saturated rings. The van der Waals surface area contributed by atoms with Crippen LogP contribution in [-0.2, 0) is 4.74 Å². The third kappa shape index (κ3) is 2.37. The molecule has 0 saturated heterocycles. The summed E-state index contributed by atoms with van der Waals surface area (Å²) < 4.78 is 19.9. The first-order chi connectivity index (χ1) is 8.28. The molecule has 3 nitrogen and oxygen atoms in total. The molecule has 4 heteroatoms. The molecule has 0 bridgehead atoms. The van der Waals surface area contributed by atoms with Gasteiger partial charge < -0.3 is 4.74 Å². The van der Waals surface area contributed by atoms with Crippen LogP contribution in [0.15, 0.2) is 24.3 Å². The number of ether oxygens (including phenoxy) is 1. The van der Waals surface area contributed by atoms with E-state index in [1.54, 1.807) is 19.1 Å². The molecular weight excluding hydrogens is 233 g/mol. The van der Waals surface area contributed by atoms with Gasteiger partial charge in [0.15, 0.2) is 0 Å². The lowest BCUT2D eigenvalue weighted by atomic mass is 10.2. The molecule has 2 rings (SSSR count). The van der Waals surface area contributed by atoms with Crippen molar-refractivity contribution < 1.29 is 13.9 Å². The van der Waals surface area contributed by atoms with E-state index < -0.39 is 11.7 Å². The van der Waals surface area contributed by atoms with Gasteiger partial charge in [0.1, 0.15) is 11.4 Å². The summed E-state index contributed by atoms with van der Waals surface area (Å²) in [5.74, 6) is -0.316. The zero-order valence-corrected chi connectivity index (χ0v) is 11.0. The van der Waals surface area contributed by atoms with Crippen molar-refractivity contribution in [2.75, 3.05) is 0 Å². The second kappa shape index (κ2) is 4.12. The summed E-state index contributed by atoms with van der Waals surface area (Å²) in [7, 11) is 0. The van der Waals surface area contributed by atoms with Crippen molar-refractivity contribution in [1.82, 2.24) is 4.57 Å². The maximum atomic E-state index is 13.1. The number of hydrogen-bond donors (Lipinski definition) is 0. The highest BCUT2D eigenvalue weighted by molar-refractivity contribution is 5.90. The van der Waals surface area contributed by atoms with Crippen molar-refractivity contribution in [2.24, 2.45) is 0 Å². The first-order valence-corrected chi connectivity index (χ1v) is 5.79. The Morgan fingerprint density at radius 2 is 1.94 bits per heavy atom. The number of benzene rings is 1. The molecule has 2 aromatic rings. The van der Waals surface area contributed by atoms with Crippen LogP contribution in [0.1, 0.15) is 26.5 Å². The zero-order chi connectivity index (χ0) is 13.5. The largest absolute Gasteiger partial charge is 0.443 e. The third-order valence-electron chi connectivity index (χ3n) is 2.52. The molecule has 0 spiro atoms. The fraction of sp³-hybridized carbons (Fsp3) is 0.357. The number of rotatable bonds is 0. The minimum absolute atomic E-state index is 0.316. The predicted molar refractivity (Wildman–Crippen MR) is 68.3 cm³/mol. The van der Waals surface area contributed by atoms with Crippen molar-refractivity contribution in [3.63, 3.8) is 0 Å². The van der Waals surface area contributed by atoms with Crippen LogP contribution in [0, 0.1) is 12.7 Å². The van der Waals surface area contributed by atoms with Crippen molar-refractivity contribution in [1.29, 1.82) is 0 Å². The predicted octanol–water partition coefficient (Wildman–Crippen LogP) is 3.87. The van der Waals surface area contributed by atoms with Crippen LogP contribution in [0.2, 0.25) is 0 Å². The van der Waals surface area contributed by atoms with Gasteiger partial charge in [-0.25, -0.2) is 13.8 Å². The van der Waals surface area contributed by atoms with Gasteiger partial charge in [0.2, 0.25) is 0 Å². The molecule has 0 aliphatic heterocycles. The standard InChI is InChI=1S/C14H16FNO2/c1-9-7-10-8-11(15)5-6-12(10)16(9)13(17)18-14(2,3)4/h5-8H,1-4H3. The van der Waals surface area contributed by atoms with Crippen LogP contribution in [0.25, 0.3) is 10.9 Å². The molecular formula is C14H16FNO2. The third-order valence-corrected chi connectivity index (χ3v) is 2.52. The fourth-order valence-electron chi connectivity index (χ4n) is 1.87. The first kappa shape index (κ1) is 12.6.